The summed E-state index contributed by atoms with van der Waals surface area (Å²) in [5.41, 5.74) is 2.77. The van der Waals surface area contributed by atoms with E-state index in [1.807, 2.05) is 11.6 Å². The summed E-state index contributed by atoms with van der Waals surface area (Å²) in [4.78, 5) is 4.22. The first-order chi connectivity index (χ1) is 6.86. The van der Waals surface area contributed by atoms with Gasteiger partial charge in [-0.3, -0.25) is 0 Å². The van der Waals surface area contributed by atoms with Crippen LogP contribution >= 0.6 is 22.7 Å². The number of nitrogens with zero attached hydrogens (tertiary/aromatic N) is 1. The lowest BCUT2D eigenvalue weighted by Gasteiger charge is -2.01. The molecule has 74 valence electrons. The quantitative estimate of drug-likeness (QED) is 0.864. The Morgan fingerprint density at radius 2 is 2.29 bits per heavy atom. The molecule has 0 aliphatic carbocycles. The van der Waals surface area contributed by atoms with Crippen molar-refractivity contribution < 1.29 is 0 Å². The van der Waals surface area contributed by atoms with Gasteiger partial charge < -0.3 is 5.32 Å². The molecule has 2 heterocycles. The molecule has 2 nitrogen and oxygen atoms in total. The topological polar surface area (TPSA) is 24.9 Å². The van der Waals surface area contributed by atoms with Gasteiger partial charge >= 0.3 is 0 Å². The highest BCUT2D eigenvalue weighted by atomic mass is 32.1. The van der Waals surface area contributed by atoms with Gasteiger partial charge in [-0.2, -0.15) is 11.3 Å². The molecule has 0 aliphatic rings. The molecule has 0 aromatic carbocycles. The average Bonchev–Trinajstić information content (AvgIpc) is 2.78. The number of aromatic nitrogens is 1. The molecule has 2 rings (SSSR count). The van der Waals surface area contributed by atoms with E-state index in [0.29, 0.717) is 0 Å². The van der Waals surface area contributed by atoms with Gasteiger partial charge in [0.2, 0.25) is 0 Å². The number of thiazole rings is 1. The SMILES string of the molecule is Cc1cscc1CNCc1nccs1. The highest BCUT2D eigenvalue weighted by Gasteiger charge is 1.99. The van der Waals surface area contributed by atoms with Crippen molar-refractivity contribution >= 4 is 22.7 Å². The summed E-state index contributed by atoms with van der Waals surface area (Å²) >= 11 is 3.45. The molecule has 0 saturated heterocycles. The number of thiophene rings is 1. The number of aryl methyl sites for hydroxylation is 1. The van der Waals surface area contributed by atoms with Crippen molar-refractivity contribution in [3.05, 3.63) is 38.5 Å². The zero-order valence-corrected chi connectivity index (χ0v) is 9.62. The summed E-state index contributed by atoms with van der Waals surface area (Å²) in [5, 5.41) is 10.9. The molecule has 4 heteroatoms. The molecule has 0 fully saturated rings. The average molecular weight is 224 g/mol. The van der Waals surface area contributed by atoms with Gasteiger partial charge in [0.05, 0.1) is 0 Å². The van der Waals surface area contributed by atoms with Gasteiger partial charge in [-0.05, 0) is 28.8 Å². The maximum absolute atomic E-state index is 4.22. The second-order valence-corrected chi connectivity index (χ2v) is 4.83. The third-order valence-electron chi connectivity index (χ3n) is 2.04. The second-order valence-electron chi connectivity index (χ2n) is 3.11. The van der Waals surface area contributed by atoms with E-state index in [-0.39, 0.29) is 0 Å². The summed E-state index contributed by atoms with van der Waals surface area (Å²) < 4.78 is 0. The molecule has 0 spiro atoms. The Bertz CT molecular complexity index is 378. The van der Waals surface area contributed by atoms with Gasteiger partial charge in [0.25, 0.3) is 0 Å². The summed E-state index contributed by atoms with van der Waals surface area (Å²) in [6.07, 6.45) is 1.84. The van der Waals surface area contributed by atoms with E-state index in [1.54, 1.807) is 22.7 Å². The molecule has 1 N–H and O–H groups in total. The predicted molar refractivity (Wildman–Crippen MR) is 61.7 cm³/mol. The lowest BCUT2D eigenvalue weighted by Crippen LogP contribution is -2.12. The van der Waals surface area contributed by atoms with Crippen molar-refractivity contribution in [2.24, 2.45) is 0 Å². The van der Waals surface area contributed by atoms with Crippen LogP contribution < -0.4 is 5.32 Å². The summed E-state index contributed by atoms with van der Waals surface area (Å²) in [6, 6.07) is 0. The van der Waals surface area contributed by atoms with Crippen LogP contribution in [0.5, 0.6) is 0 Å². The van der Waals surface area contributed by atoms with E-state index in [9.17, 15) is 0 Å². The Hall–Kier alpha value is -0.710. The fourth-order valence-electron chi connectivity index (χ4n) is 1.21. The van der Waals surface area contributed by atoms with Crippen LogP contribution in [0, 0.1) is 6.92 Å². The standard InChI is InChI=1S/C10H12N2S2/c1-8-6-13-7-9(8)4-11-5-10-12-2-3-14-10/h2-3,6-7,11H,4-5H2,1H3. The molecule has 2 aromatic heterocycles. The minimum Gasteiger partial charge on any atom is -0.306 e. The van der Waals surface area contributed by atoms with Crippen molar-refractivity contribution in [1.82, 2.24) is 10.3 Å². The molecule has 0 radical (unpaired) electrons. The third-order valence-corrected chi connectivity index (χ3v) is 3.73. The van der Waals surface area contributed by atoms with Crippen LogP contribution in [0.15, 0.2) is 22.3 Å². The lowest BCUT2D eigenvalue weighted by atomic mass is 10.2. The molecule has 14 heavy (non-hydrogen) atoms. The number of nitrogens with one attached hydrogen (secondary N) is 1. The van der Waals surface area contributed by atoms with Crippen molar-refractivity contribution in [3.8, 4) is 0 Å². The molecule has 0 saturated carbocycles. The van der Waals surface area contributed by atoms with E-state index in [2.05, 4.69) is 28.0 Å². The van der Waals surface area contributed by atoms with E-state index in [1.165, 1.54) is 11.1 Å². The largest absolute Gasteiger partial charge is 0.306 e. The maximum Gasteiger partial charge on any atom is 0.106 e. The minimum atomic E-state index is 0.868. The van der Waals surface area contributed by atoms with Crippen LogP contribution in [0.1, 0.15) is 16.1 Å². The van der Waals surface area contributed by atoms with Crippen molar-refractivity contribution in [3.63, 3.8) is 0 Å². The maximum atomic E-state index is 4.22. The van der Waals surface area contributed by atoms with Crippen LogP contribution in [0.25, 0.3) is 0 Å². The zero-order valence-electron chi connectivity index (χ0n) is 7.99. The minimum absolute atomic E-state index is 0.868. The molecule has 0 bridgehead atoms. The fraction of sp³-hybridized carbons (Fsp3) is 0.300. The summed E-state index contributed by atoms with van der Waals surface area (Å²) in [7, 11) is 0. The van der Waals surface area contributed by atoms with E-state index >= 15 is 0 Å². The number of hydrogen-bond acceptors (Lipinski definition) is 4. The first-order valence-corrected chi connectivity index (χ1v) is 6.29. The Balaban J connectivity index is 1.81. The second kappa shape index (κ2) is 4.68. The first-order valence-electron chi connectivity index (χ1n) is 4.47. The normalized spacial score (nSPS) is 10.6. The van der Waals surface area contributed by atoms with E-state index in [0.717, 1.165) is 18.1 Å². The fourth-order valence-corrected chi connectivity index (χ4v) is 2.66. The summed E-state index contributed by atoms with van der Waals surface area (Å²) in [5.74, 6) is 0. The van der Waals surface area contributed by atoms with Gasteiger partial charge in [-0.15, -0.1) is 11.3 Å². The predicted octanol–water partition coefficient (Wildman–Crippen LogP) is 2.80. The molecule has 0 atom stereocenters. The van der Waals surface area contributed by atoms with E-state index < -0.39 is 0 Å². The molecule has 0 unspecified atom stereocenters. The smallest absolute Gasteiger partial charge is 0.106 e. The van der Waals surface area contributed by atoms with Crippen LogP contribution in [-0.2, 0) is 13.1 Å². The lowest BCUT2D eigenvalue weighted by molar-refractivity contribution is 0.689. The van der Waals surface area contributed by atoms with Crippen molar-refractivity contribution in [2.75, 3.05) is 0 Å². The van der Waals surface area contributed by atoms with Gasteiger partial charge in [0.1, 0.15) is 5.01 Å². The highest BCUT2D eigenvalue weighted by molar-refractivity contribution is 7.09. The van der Waals surface area contributed by atoms with Crippen LogP contribution in [0.3, 0.4) is 0 Å². The Morgan fingerprint density at radius 1 is 1.36 bits per heavy atom. The van der Waals surface area contributed by atoms with Crippen LogP contribution in [0.4, 0.5) is 0 Å². The van der Waals surface area contributed by atoms with Gasteiger partial charge in [-0.25, -0.2) is 4.98 Å². The molecular formula is C10H12N2S2. The number of rotatable bonds is 4. The molecule has 2 aromatic rings. The Labute approximate surface area is 91.6 Å². The number of hydrogen-bond donors (Lipinski definition) is 1. The Morgan fingerprint density at radius 3 is 2.93 bits per heavy atom. The van der Waals surface area contributed by atoms with Crippen LogP contribution in [-0.4, -0.2) is 4.98 Å². The first kappa shape index (κ1) is 9.83. The van der Waals surface area contributed by atoms with E-state index in [4.69, 9.17) is 0 Å². The zero-order chi connectivity index (χ0) is 9.80. The molecular weight excluding hydrogens is 212 g/mol. The molecule has 0 amide bonds. The highest BCUT2D eigenvalue weighted by Crippen LogP contribution is 2.13. The monoisotopic (exact) mass is 224 g/mol. The van der Waals surface area contributed by atoms with Gasteiger partial charge in [0, 0.05) is 24.7 Å². The summed E-state index contributed by atoms with van der Waals surface area (Å²) in [6.45, 7) is 3.96. The van der Waals surface area contributed by atoms with Gasteiger partial charge in [-0.1, -0.05) is 0 Å². The van der Waals surface area contributed by atoms with Crippen molar-refractivity contribution in [1.29, 1.82) is 0 Å². The van der Waals surface area contributed by atoms with Crippen molar-refractivity contribution in [2.45, 2.75) is 20.0 Å². The third kappa shape index (κ3) is 2.41. The van der Waals surface area contributed by atoms with Gasteiger partial charge in [0.15, 0.2) is 0 Å². The van der Waals surface area contributed by atoms with Crippen LogP contribution in [0.2, 0.25) is 0 Å². The molecule has 0 aliphatic heterocycles. The Kier molecular flexibility index (Phi) is 3.29.